The van der Waals surface area contributed by atoms with Crippen LogP contribution in [0, 0.1) is 0 Å². The molecule has 1 aromatic rings. The van der Waals surface area contributed by atoms with Crippen LogP contribution in [0.5, 0.6) is 0 Å². The van der Waals surface area contributed by atoms with Crippen molar-refractivity contribution in [3.63, 3.8) is 0 Å². The number of nitrogens with two attached hydrogens (primary N) is 2. The number of hydrogen-bond acceptors (Lipinski definition) is 6. The van der Waals surface area contributed by atoms with E-state index in [4.69, 9.17) is 16.2 Å². The Hall–Kier alpha value is -1.97. The lowest BCUT2D eigenvalue weighted by Gasteiger charge is -2.20. The van der Waals surface area contributed by atoms with Gasteiger partial charge in [-0.15, -0.1) is 11.3 Å². The Morgan fingerprint density at radius 1 is 1.38 bits per heavy atom. The maximum atomic E-state index is 12.5. The van der Waals surface area contributed by atoms with Gasteiger partial charge in [-0.3, -0.25) is 4.79 Å². The second-order valence-corrected chi connectivity index (χ2v) is 5.08. The van der Waals surface area contributed by atoms with Crippen LogP contribution >= 0.6 is 11.3 Å². The number of halogens is 3. The molecular weight excluding hydrogens is 311 g/mol. The highest BCUT2D eigenvalue weighted by molar-refractivity contribution is 7.19. The van der Waals surface area contributed by atoms with Crippen LogP contribution in [0.4, 0.5) is 23.9 Å². The molecule has 6 nitrogen and oxygen atoms in total. The van der Waals surface area contributed by atoms with Gasteiger partial charge in [0.25, 0.3) is 5.91 Å². The molecule has 0 aromatic carbocycles. The Morgan fingerprint density at radius 2 is 1.95 bits per heavy atom. The lowest BCUT2D eigenvalue weighted by molar-refractivity contribution is -0.119. The highest BCUT2D eigenvalue weighted by Crippen LogP contribution is 2.39. The molecule has 1 aromatic heterocycles. The van der Waals surface area contributed by atoms with Crippen molar-refractivity contribution < 1.29 is 27.5 Å². The summed E-state index contributed by atoms with van der Waals surface area (Å²) in [4.78, 5) is 23.7. The van der Waals surface area contributed by atoms with Crippen LogP contribution in [0.1, 0.15) is 27.0 Å². The van der Waals surface area contributed by atoms with E-state index in [1.807, 2.05) is 0 Å². The van der Waals surface area contributed by atoms with E-state index in [-0.39, 0.29) is 27.7 Å². The molecule has 0 spiro atoms. The van der Waals surface area contributed by atoms with E-state index in [1.54, 1.807) is 0 Å². The predicted molar refractivity (Wildman–Crippen MR) is 72.5 cm³/mol. The Kier molecular flexibility index (Phi) is 5.05. The number of carbonyl (C=O) groups excluding carboxylic acids is 2. The zero-order chi connectivity index (χ0) is 16.4. The molecule has 118 valence electrons. The van der Waals surface area contributed by atoms with Crippen LogP contribution in [-0.2, 0) is 4.74 Å². The standard InChI is InChI=1S/C11H14F3N3O3S/c1-3-20-10(19)5-6(15)7(8(16)18)21-9(5)17(2)4-11(12,13)14/h3-4,15H2,1-2H3,(H2,16,18). The largest absolute Gasteiger partial charge is 0.462 e. The van der Waals surface area contributed by atoms with Gasteiger partial charge >= 0.3 is 12.1 Å². The molecule has 0 bridgehead atoms. The van der Waals surface area contributed by atoms with Crippen molar-refractivity contribution in [3.8, 4) is 0 Å². The number of esters is 1. The fourth-order valence-corrected chi connectivity index (χ4v) is 2.65. The molecular formula is C11H14F3N3O3S. The third-order valence-electron chi connectivity index (χ3n) is 2.39. The van der Waals surface area contributed by atoms with E-state index < -0.39 is 24.6 Å². The summed E-state index contributed by atoms with van der Waals surface area (Å²) in [6.07, 6.45) is -4.48. The number of primary amides is 1. The van der Waals surface area contributed by atoms with Crippen LogP contribution in [-0.4, -0.2) is 38.3 Å². The average molecular weight is 325 g/mol. The summed E-state index contributed by atoms with van der Waals surface area (Å²) in [6, 6.07) is 0. The minimum Gasteiger partial charge on any atom is -0.462 e. The Morgan fingerprint density at radius 3 is 2.38 bits per heavy atom. The van der Waals surface area contributed by atoms with Gasteiger partial charge in [-0.2, -0.15) is 13.2 Å². The summed E-state index contributed by atoms with van der Waals surface area (Å²) in [7, 11) is 1.13. The van der Waals surface area contributed by atoms with Gasteiger partial charge in [0.1, 0.15) is 22.0 Å². The lowest BCUT2D eigenvalue weighted by atomic mass is 10.2. The third kappa shape index (κ3) is 4.00. The summed E-state index contributed by atoms with van der Waals surface area (Å²) in [6.45, 7) is 0.245. The maximum Gasteiger partial charge on any atom is 0.405 e. The molecule has 0 saturated heterocycles. The molecule has 1 amide bonds. The number of nitrogen functional groups attached to an aromatic ring is 1. The number of ether oxygens (including phenoxy) is 1. The predicted octanol–water partition coefficient (Wildman–Crippen LogP) is 1.60. The van der Waals surface area contributed by atoms with Gasteiger partial charge in [-0.05, 0) is 6.92 Å². The first-order chi connectivity index (χ1) is 9.58. The zero-order valence-electron chi connectivity index (χ0n) is 11.3. The van der Waals surface area contributed by atoms with E-state index in [0.717, 1.165) is 11.9 Å². The molecule has 0 atom stereocenters. The van der Waals surface area contributed by atoms with Crippen LogP contribution in [0.25, 0.3) is 0 Å². The minimum absolute atomic E-state index is 0.0163. The number of nitrogens with zero attached hydrogens (tertiary/aromatic N) is 1. The molecule has 0 aliphatic rings. The zero-order valence-corrected chi connectivity index (χ0v) is 12.1. The quantitative estimate of drug-likeness (QED) is 0.801. The number of amides is 1. The highest BCUT2D eigenvalue weighted by atomic mass is 32.1. The Balaban J connectivity index is 3.32. The highest BCUT2D eigenvalue weighted by Gasteiger charge is 2.34. The smallest absolute Gasteiger partial charge is 0.405 e. The molecule has 0 aliphatic carbocycles. The first-order valence-electron chi connectivity index (χ1n) is 5.75. The van der Waals surface area contributed by atoms with Crippen molar-refractivity contribution in [2.24, 2.45) is 5.73 Å². The molecule has 4 N–H and O–H groups in total. The summed E-state index contributed by atoms with van der Waals surface area (Å²) in [5.74, 6) is -1.82. The lowest BCUT2D eigenvalue weighted by Crippen LogP contribution is -2.31. The molecule has 0 aliphatic heterocycles. The number of carbonyl (C=O) groups is 2. The van der Waals surface area contributed by atoms with Gasteiger partial charge in [-0.1, -0.05) is 0 Å². The van der Waals surface area contributed by atoms with Gasteiger partial charge in [0.15, 0.2) is 0 Å². The van der Waals surface area contributed by atoms with Gasteiger partial charge < -0.3 is 21.1 Å². The average Bonchev–Trinajstić information content (AvgIpc) is 2.65. The molecule has 1 heterocycles. The molecule has 0 fully saturated rings. The normalized spacial score (nSPS) is 11.3. The summed E-state index contributed by atoms with van der Waals surface area (Å²) in [5.41, 5.74) is 10.2. The van der Waals surface area contributed by atoms with Gasteiger partial charge in [0.05, 0.1) is 12.3 Å². The SMILES string of the molecule is CCOC(=O)c1c(N(C)CC(F)(F)F)sc(C(N)=O)c1N. The number of anilines is 2. The first kappa shape index (κ1) is 17.1. The number of hydrogen-bond donors (Lipinski definition) is 2. The number of thiophene rings is 1. The first-order valence-corrected chi connectivity index (χ1v) is 6.57. The van der Waals surface area contributed by atoms with Gasteiger partial charge in [0, 0.05) is 7.05 Å². The van der Waals surface area contributed by atoms with E-state index in [0.29, 0.717) is 11.3 Å². The van der Waals surface area contributed by atoms with Crippen LogP contribution < -0.4 is 16.4 Å². The van der Waals surface area contributed by atoms with E-state index in [2.05, 4.69) is 0 Å². The van der Waals surface area contributed by atoms with Crippen molar-refractivity contribution in [1.82, 2.24) is 0 Å². The van der Waals surface area contributed by atoms with Gasteiger partial charge in [-0.25, -0.2) is 4.79 Å². The van der Waals surface area contributed by atoms with E-state index in [1.165, 1.54) is 6.92 Å². The summed E-state index contributed by atoms with van der Waals surface area (Å²) < 4.78 is 42.1. The molecule has 0 unspecified atom stereocenters. The Bertz CT molecular complexity index is 557. The van der Waals surface area contributed by atoms with E-state index in [9.17, 15) is 22.8 Å². The minimum atomic E-state index is -4.48. The summed E-state index contributed by atoms with van der Waals surface area (Å²) >= 11 is 0.623. The second kappa shape index (κ2) is 6.20. The maximum absolute atomic E-state index is 12.5. The van der Waals surface area contributed by atoms with E-state index >= 15 is 0 Å². The molecule has 1 rings (SSSR count). The van der Waals surface area contributed by atoms with Crippen molar-refractivity contribution >= 4 is 33.9 Å². The van der Waals surface area contributed by atoms with Crippen molar-refractivity contribution in [1.29, 1.82) is 0 Å². The number of rotatable bonds is 5. The Labute approximate surface area is 122 Å². The fourth-order valence-electron chi connectivity index (χ4n) is 1.62. The van der Waals surface area contributed by atoms with Crippen molar-refractivity contribution in [2.45, 2.75) is 13.1 Å². The van der Waals surface area contributed by atoms with Gasteiger partial charge in [0.2, 0.25) is 0 Å². The van der Waals surface area contributed by atoms with Crippen molar-refractivity contribution in [2.75, 3.05) is 30.8 Å². The topological polar surface area (TPSA) is 98.6 Å². The van der Waals surface area contributed by atoms with Crippen LogP contribution in [0.15, 0.2) is 0 Å². The molecule has 0 radical (unpaired) electrons. The molecule has 10 heteroatoms. The monoisotopic (exact) mass is 325 g/mol. The van der Waals surface area contributed by atoms with Crippen LogP contribution in [0.3, 0.4) is 0 Å². The molecule has 0 saturated carbocycles. The summed E-state index contributed by atoms with van der Waals surface area (Å²) in [5, 5.41) is -0.114. The second-order valence-electron chi connectivity index (χ2n) is 4.08. The fraction of sp³-hybridized carbons (Fsp3) is 0.455. The number of alkyl halides is 3. The van der Waals surface area contributed by atoms with Crippen LogP contribution in [0.2, 0.25) is 0 Å². The molecule has 21 heavy (non-hydrogen) atoms. The third-order valence-corrected chi connectivity index (χ3v) is 3.73. The van der Waals surface area contributed by atoms with Crippen molar-refractivity contribution in [3.05, 3.63) is 10.4 Å².